The van der Waals surface area contributed by atoms with Crippen LogP contribution in [0.5, 0.6) is 5.75 Å². The molecular formula is C27H27F3N6OS. The molecule has 1 aromatic carbocycles. The highest BCUT2D eigenvalue weighted by Crippen LogP contribution is 2.43. The lowest BCUT2D eigenvalue weighted by Crippen LogP contribution is -2.57. The summed E-state index contributed by atoms with van der Waals surface area (Å²) in [6.45, 7) is 6.34. The SMILES string of the molecule is CC1CN(c2ccc3c(n2)-c2sc(-c4ncnn4-c4ccc(F)cc4F)cc2CCO3)CC(C)N1CCF. The molecule has 0 spiro atoms. The van der Waals surface area contributed by atoms with Gasteiger partial charge in [-0.15, -0.1) is 11.3 Å². The number of aromatic nitrogens is 4. The maximum atomic E-state index is 14.6. The topological polar surface area (TPSA) is 59.3 Å². The van der Waals surface area contributed by atoms with Crippen LogP contribution in [0.3, 0.4) is 0 Å². The van der Waals surface area contributed by atoms with Gasteiger partial charge in [0, 0.05) is 44.2 Å². The highest BCUT2D eigenvalue weighted by molar-refractivity contribution is 7.19. The third-order valence-electron chi connectivity index (χ3n) is 7.17. The molecule has 1 saturated heterocycles. The molecule has 5 heterocycles. The summed E-state index contributed by atoms with van der Waals surface area (Å²) in [4.78, 5) is 15.7. The standard InChI is InChI=1S/C27H27F3N6OS/c1-16-13-34(14-17(2)35(16)9-8-28)24-6-5-22-25(33-24)26-18(7-10-37-22)11-23(38-26)27-31-15-32-36(27)21-4-3-19(29)12-20(21)30/h3-6,11-12,15-17H,7-10,13-14H2,1-2H3. The molecule has 0 amide bonds. The fourth-order valence-electron chi connectivity index (χ4n) is 5.41. The summed E-state index contributed by atoms with van der Waals surface area (Å²) in [5.41, 5.74) is 1.95. The molecule has 0 bridgehead atoms. The number of thiophene rings is 1. The Morgan fingerprint density at radius 1 is 1.08 bits per heavy atom. The first-order valence-corrected chi connectivity index (χ1v) is 13.4. The molecule has 3 aromatic heterocycles. The number of piperazine rings is 1. The van der Waals surface area contributed by atoms with Crippen molar-refractivity contribution in [2.75, 3.05) is 37.8 Å². The van der Waals surface area contributed by atoms with Crippen molar-refractivity contribution in [1.29, 1.82) is 0 Å². The molecule has 6 rings (SSSR count). The number of fused-ring (bicyclic) bond motifs is 3. The highest BCUT2D eigenvalue weighted by Gasteiger charge is 2.31. The number of benzene rings is 1. The first-order chi connectivity index (χ1) is 18.4. The molecule has 0 N–H and O–H groups in total. The van der Waals surface area contributed by atoms with E-state index in [-0.39, 0.29) is 24.4 Å². The van der Waals surface area contributed by atoms with Crippen molar-refractivity contribution in [2.45, 2.75) is 32.4 Å². The number of ether oxygens (including phenoxy) is 1. The Bertz CT molecular complexity index is 1460. The Morgan fingerprint density at radius 3 is 2.66 bits per heavy atom. The second kappa shape index (κ2) is 10.0. The minimum absolute atomic E-state index is 0.127. The van der Waals surface area contributed by atoms with Gasteiger partial charge in [0.05, 0.1) is 16.4 Å². The molecule has 2 atom stereocenters. The molecule has 0 aliphatic carbocycles. The Hall–Kier alpha value is -3.44. The van der Waals surface area contributed by atoms with Crippen LogP contribution in [0.2, 0.25) is 0 Å². The lowest BCUT2D eigenvalue weighted by molar-refractivity contribution is 0.121. The van der Waals surface area contributed by atoms with Crippen molar-refractivity contribution < 1.29 is 17.9 Å². The Morgan fingerprint density at radius 2 is 1.89 bits per heavy atom. The lowest BCUT2D eigenvalue weighted by atomic mass is 10.1. The highest BCUT2D eigenvalue weighted by atomic mass is 32.1. The van der Waals surface area contributed by atoms with Crippen LogP contribution >= 0.6 is 11.3 Å². The number of anilines is 1. The van der Waals surface area contributed by atoms with Crippen LogP contribution in [0.25, 0.3) is 27.0 Å². The van der Waals surface area contributed by atoms with E-state index in [1.807, 2.05) is 18.2 Å². The third kappa shape index (κ3) is 4.43. The molecular weight excluding hydrogens is 513 g/mol. The average molecular weight is 541 g/mol. The van der Waals surface area contributed by atoms with Crippen molar-refractivity contribution in [1.82, 2.24) is 24.6 Å². The smallest absolute Gasteiger partial charge is 0.173 e. The van der Waals surface area contributed by atoms with E-state index >= 15 is 0 Å². The van der Waals surface area contributed by atoms with Gasteiger partial charge in [0.15, 0.2) is 11.6 Å². The monoisotopic (exact) mass is 540 g/mol. The maximum Gasteiger partial charge on any atom is 0.173 e. The number of alkyl halides is 1. The van der Waals surface area contributed by atoms with E-state index in [9.17, 15) is 13.2 Å². The summed E-state index contributed by atoms with van der Waals surface area (Å²) in [6.07, 6.45) is 2.05. The van der Waals surface area contributed by atoms with Crippen molar-refractivity contribution in [3.63, 3.8) is 0 Å². The van der Waals surface area contributed by atoms with Gasteiger partial charge in [-0.3, -0.25) is 4.90 Å². The molecule has 7 nitrogen and oxygen atoms in total. The number of hydrogen-bond donors (Lipinski definition) is 0. The molecule has 2 aliphatic rings. The van der Waals surface area contributed by atoms with Gasteiger partial charge in [0.1, 0.15) is 41.8 Å². The van der Waals surface area contributed by atoms with E-state index in [1.165, 1.54) is 34.5 Å². The van der Waals surface area contributed by atoms with Crippen LogP contribution in [0, 0.1) is 11.6 Å². The van der Waals surface area contributed by atoms with Crippen molar-refractivity contribution >= 4 is 17.2 Å². The largest absolute Gasteiger partial charge is 0.491 e. The summed E-state index contributed by atoms with van der Waals surface area (Å²) >= 11 is 1.50. The van der Waals surface area contributed by atoms with Gasteiger partial charge < -0.3 is 9.64 Å². The van der Waals surface area contributed by atoms with E-state index in [2.05, 4.69) is 33.7 Å². The van der Waals surface area contributed by atoms with E-state index in [4.69, 9.17) is 9.72 Å². The second-order valence-corrected chi connectivity index (χ2v) is 10.8. The summed E-state index contributed by atoms with van der Waals surface area (Å²) in [5.74, 6) is 0.671. The summed E-state index contributed by atoms with van der Waals surface area (Å²) in [6, 6.07) is 9.76. The number of halogens is 3. The number of pyridine rings is 1. The first kappa shape index (κ1) is 24.9. The first-order valence-electron chi connectivity index (χ1n) is 12.6. The van der Waals surface area contributed by atoms with Crippen LogP contribution in [-0.4, -0.2) is 69.6 Å². The van der Waals surface area contributed by atoms with Crippen LogP contribution < -0.4 is 9.64 Å². The molecule has 4 aromatic rings. The lowest BCUT2D eigenvalue weighted by Gasteiger charge is -2.44. The zero-order valence-electron chi connectivity index (χ0n) is 21.1. The zero-order valence-corrected chi connectivity index (χ0v) is 21.9. The minimum atomic E-state index is -0.713. The molecule has 2 unspecified atom stereocenters. The third-order valence-corrected chi connectivity index (χ3v) is 8.35. The van der Waals surface area contributed by atoms with Gasteiger partial charge in [-0.25, -0.2) is 27.8 Å². The van der Waals surface area contributed by atoms with Gasteiger partial charge in [0.25, 0.3) is 0 Å². The Labute approximate surface area is 222 Å². The maximum absolute atomic E-state index is 14.6. The normalized spacial score (nSPS) is 19.6. The van der Waals surface area contributed by atoms with E-state index < -0.39 is 11.6 Å². The number of rotatable bonds is 5. The second-order valence-electron chi connectivity index (χ2n) is 9.70. The van der Waals surface area contributed by atoms with Crippen molar-refractivity contribution in [2.24, 2.45) is 0 Å². The van der Waals surface area contributed by atoms with Crippen molar-refractivity contribution in [3.05, 3.63) is 59.9 Å². The van der Waals surface area contributed by atoms with Gasteiger partial charge in [-0.2, -0.15) is 5.10 Å². The van der Waals surface area contributed by atoms with Gasteiger partial charge in [-0.1, -0.05) is 0 Å². The van der Waals surface area contributed by atoms with E-state index in [1.54, 1.807) is 0 Å². The molecule has 2 aliphatic heterocycles. The number of nitrogens with zero attached hydrogens (tertiary/aromatic N) is 6. The van der Waals surface area contributed by atoms with Crippen LogP contribution in [0.4, 0.5) is 19.0 Å². The van der Waals surface area contributed by atoms with Gasteiger partial charge in [0.2, 0.25) is 0 Å². The van der Waals surface area contributed by atoms with Gasteiger partial charge in [-0.05, 0) is 49.7 Å². The summed E-state index contributed by atoms with van der Waals surface area (Å²) in [7, 11) is 0. The minimum Gasteiger partial charge on any atom is -0.491 e. The van der Waals surface area contributed by atoms with Crippen LogP contribution in [-0.2, 0) is 6.42 Å². The molecule has 11 heteroatoms. The predicted octanol–water partition coefficient (Wildman–Crippen LogP) is 5.14. The Balaban J connectivity index is 1.36. The summed E-state index contributed by atoms with van der Waals surface area (Å²) < 4.78 is 48.5. The molecule has 38 heavy (non-hydrogen) atoms. The quantitative estimate of drug-likeness (QED) is 0.350. The Kier molecular flexibility index (Phi) is 6.56. The molecule has 1 fully saturated rings. The number of hydrogen-bond acceptors (Lipinski definition) is 7. The average Bonchev–Trinajstić information content (AvgIpc) is 3.50. The molecule has 0 saturated carbocycles. The molecule has 198 valence electrons. The summed E-state index contributed by atoms with van der Waals surface area (Å²) in [5, 5.41) is 4.21. The van der Waals surface area contributed by atoms with Crippen molar-refractivity contribution in [3.8, 4) is 32.7 Å². The fraction of sp³-hybridized carbons (Fsp3) is 0.370. The van der Waals surface area contributed by atoms with E-state index in [0.717, 1.165) is 46.0 Å². The van der Waals surface area contributed by atoms with Crippen LogP contribution in [0.15, 0.2) is 42.7 Å². The zero-order chi connectivity index (χ0) is 26.4. The predicted molar refractivity (Wildman–Crippen MR) is 141 cm³/mol. The van der Waals surface area contributed by atoms with Crippen LogP contribution in [0.1, 0.15) is 19.4 Å². The van der Waals surface area contributed by atoms with Gasteiger partial charge >= 0.3 is 0 Å². The fourth-order valence-corrected chi connectivity index (χ4v) is 6.59. The van der Waals surface area contributed by atoms with E-state index in [0.29, 0.717) is 31.1 Å². The molecule has 0 radical (unpaired) electrons.